The van der Waals surface area contributed by atoms with Crippen molar-refractivity contribution in [2.24, 2.45) is 0 Å². The summed E-state index contributed by atoms with van der Waals surface area (Å²) >= 11 is 3.41. The van der Waals surface area contributed by atoms with Crippen LogP contribution in [-0.2, 0) is 14.6 Å². The lowest BCUT2D eigenvalue weighted by Crippen LogP contribution is -2.43. The number of hydrogen-bond donors (Lipinski definition) is 1. The van der Waals surface area contributed by atoms with E-state index in [1.165, 1.54) is 0 Å². The lowest BCUT2D eigenvalue weighted by molar-refractivity contribution is -0.130. The van der Waals surface area contributed by atoms with E-state index in [1.54, 1.807) is 4.90 Å². The van der Waals surface area contributed by atoms with Gasteiger partial charge in [-0.1, -0.05) is 12.1 Å². The second-order valence-electron chi connectivity index (χ2n) is 5.07. The van der Waals surface area contributed by atoms with Crippen molar-refractivity contribution >= 4 is 37.4 Å². The standard InChI is InChI=1S/C14H19BrN2O3S/c1-2-17(11-7-8-21(19,20)10-11)14(18)9-16-13-6-4-3-5-12(13)15/h3-6,11,16H,2,7-10H2,1H3. The molecule has 1 unspecified atom stereocenters. The van der Waals surface area contributed by atoms with Crippen LogP contribution < -0.4 is 5.32 Å². The van der Waals surface area contributed by atoms with Gasteiger partial charge in [0.2, 0.25) is 5.91 Å². The molecular weight excluding hydrogens is 356 g/mol. The van der Waals surface area contributed by atoms with Gasteiger partial charge in [0.15, 0.2) is 9.84 Å². The highest BCUT2D eigenvalue weighted by Gasteiger charge is 2.33. The Hall–Kier alpha value is -1.08. The first kappa shape index (κ1) is 16.3. The first-order valence-electron chi connectivity index (χ1n) is 6.91. The van der Waals surface area contributed by atoms with Crippen molar-refractivity contribution in [1.82, 2.24) is 4.90 Å². The predicted molar refractivity (Wildman–Crippen MR) is 87.1 cm³/mol. The van der Waals surface area contributed by atoms with Gasteiger partial charge in [-0.25, -0.2) is 8.42 Å². The number of anilines is 1. The van der Waals surface area contributed by atoms with E-state index in [-0.39, 0.29) is 30.0 Å². The molecule has 1 N–H and O–H groups in total. The first-order chi connectivity index (χ1) is 9.93. The third kappa shape index (κ3) is 4.20. The second kappa shape index (κ2) is 6.79. The quantitative estimate of drug-likeness (QED) is 0.854. The van der Waals surface area contributed by atoms with Crippen LogP contribution in [0.4, 0.5) is 5.69 Å². The van der Waals surface area contributed by atoms with Crippen LogP contribution in [0.25, 0.3) is 0 Å². The van der Waals surface area contributed by atoms with Crippen LogP contribution in [0, 0.1) is 0 Å². The van der Waals surface area contributed by atoms with Gasteiger partial charge in [0.25, 0.3) is 0 Å². The van der Waals surface area contributed by atoms with Gasteiger partial charge in [-0.3, -0.25) is 4.79 Å². The SMILES string of the molecule is CCN(C(=O)CNc1ccccc1Br)C1CCS(=O)(=O)C1. The van der Waals surface area contributed by atoms with E-state index in [0.717, 1.165) is 10.2 Å². The third-order valence-corrected chi connectivity index (χ3v) is 6.06. The van der Waals surface area contributed by atoms with E-state index >= 15 is 0 Å². The molecule has 1 fully saturated rings. The van der Waals surface area contributed by atoms with Crippen LogP contribution in [0.3, 0.4) is 0 Å². The zero-order valence-electron chi connectivity index (χ0n) is 11.9. The molecule has 5 nitrogen and oxygen atoms in total. The highest BCUT2D eigenvalue weighted by atomic mass is 79.9. The van der Waals surface area contributed by atoms with Crippen LogP contribution in [0.15, 0.2) is 28.7 Å². The summed E-state index contributed by atoms with van der Waals surface area (Å²) < 4.78 is 24.0. The number of amides is 1. The van der Waals surface area contributed by atoms with Crippen LogP contribution in [0.1, 0.15) is 13.3 Å². The van der Waals surface area contributed by atoms with Gasteiger partial charge in [-0.2, -0.15) is 0 Å². The van der Waals surface area contributed by atoms with Crippen LogP contribution in [0.2, 0.25) is 0 Å². The van der Waals surface area contributed by atoms with Crippen molar-refractivity contribution in [3.05, 3.63) is 28.7 Å². The van der Waals surface area contributed by atoms with E-state index in [4.69, 9.17) is 0 Å². The molecule has 7 heteroatoms. The van der Waals surface area contributed by atoms with Gasteiger partial charge in [0.05, 0.1) is 18.1 Å². The Morgan fingerprint density at radius 3 is 2.71 bits per heavy atom. The van der Waals surface area contributed by atoms with Gasteiger partial charge >= 0.3 is 0 Å². The van der Waals surface area contributed by atoms with E-state index in [1.807, 2.05) is 31.2 Å². The first-order valence-corrected chi connectivity index (χ1v) is 9.52. The largest absolute Gasteiger partial charge is 0.375 e. The summed E-state index contributed by atoms with van der Waals surface area (Å²) in [5, 5.41) is 3.08. The molecule has 0 aromatic heterocycles. The average molecular weight is 375 g/mol. The normalized spacial score (nSPS) is 20.2. The molecule has 1 aromatic rings. The molecule has 0 saturated carbocycles. The van der Waals surface area contributed by atoms with Crippen molar-refractivity contribution in [3.8, 4) is 0 Å². The Morgan fingerprint density at radius 1 is 1.43 bits per heavy atom. The number of sulfone groups is 1. The highest BCUT2D eigenvalue weighted by molar-refractivity contribution is 9.10. The Kier molecular flexibility index (Phi) is 5.27. The van der Waals surface area contributed by atoms with E-state index in [0.29, 0.717) is 13.0 Å². The van der Waals surface area contributed by atoms with E-state index in [9.17, 15) is 13.2 Å². The lowest BCUT2D eigenvalue weighted by Gasteiger charge is -2.27. The molecule has 2 rings (SSSR count). The van der Waals surface area contributed by atoms with Gasteiger partial charge in [0, 0.05) is 22.7 Å². The summed E-state index contributed by atoms with van der Waals surface area (Å²) in [6.45, 7) is 2.56. The third-order valence-electron chi connectivity index (χ3n) is 3.61. The minimum Gasteiger partial charge on any atom is -0.375 e. The topological polar surface area (TPSA) is 66.5 Å². The maximum atomic E-state index is 12.3. The molecule has 0 spiro atoms. The van der Waals surface area contributed by atoms with Crippen molar-refractivity contribution in [2.45, 2.75) is 19.4 Å². The second-order valence-corrected chi connectivity index (χ2v) is 8.15. The van der Waals surface area contributed by atoms with Crippen molar-refractivity contribution in [3.63, 3.8) is 0 Å². The monoisotopic (exact) mass is 374 g/mol. The summed E-state index contributed by atoms with van der Waals surface area (Å²) in [6, 6.07) is 7.38. The Labute approximate surface area is 133 Å². The lowest BCUT2D eigenvalue weighted by atomic mass is 10.2. The minimum absolute atomic E-state index is 0.0737. The number of benzene rings is 1. The maximum absolute atomic E-state index is 12.3. The fourth-order valence-electron chi connectivity index (χ4n) is 2.54. The van der Waals surface area contributed by atoms with Crippen LogP contribution in [0.5, 0.6) is 0 Å². The summed E-state index contributed by atoms with van der Waals surface area (Å²) in [5.41, 5.74) is 0.848. The summed E-state index contributed by atoms with van der Waals surface area (Å²) in [7, 11) is -2.98. The molecule has 116 valence electrons. The summed E-state index contributed by atoms with van der Waals surface area (Å²) in [6.07, 6.45) is 0.539. The van der Waals surface area contributed by atoms with E-state index < -0.39 is 9.84 Å². The molecule has 1 aromatic carbocycles. The van der Waals surface area contributed by atoms with Gasteiger partial charge in [-0.05, 0) is 41.4 Å². The van der Waals surface area contributed by atoms with Gasteiger partial charge < -0.3 is 10.2 Å². The number of likely N-dealkylation sites (N-methyl/N-ethyl adjacent to an activating group) is 1. The van der Waals surface area contributed by atoms with Crippen molar-refractivity contribution in [2.75, 3.05) is 29.9 Å². The molecule has 0 bridgehead atoms. The Bertz CT molecular complexity index is 618. The fourth-order valence-corrected chi connectivity index (χ4v) is 4.69. The van der Waals surface area contributed by atoms with E-state index in [2.05, 4.69) is 21.2 Å². The van der Waals surface area contributed by atoms with Crippen molar-refractivity contribution < 1.29 is 13.2 Å². The maximum Gasteiger partial charge on any atom is 0.242 e. The van der Waals surface area contributed by atoms with Crippen LogP contribution in [-0.4, -0.2) is 49.9 Å². The molecule has 1 heterocycles. The number of para-hydroxylation sites is 1. The number of carbonyl (C=O) groups excluding carboxylic acids is 1. The smallest absolute Gasteiger partial charge is 0.242 e. The zero-order valence-corrected chi connectivity index (χ0v) is 14.3. The molecule has 1 aliphatic rings. The number of nitrogens with zero attached hydrogens (tertiary/aromatic N) is 1. The molecule has 1 aliphatic heterocycles. The Balaban J connectivity index is 1.97. The number of nitrogens with one attached hydrogen (secondary N) is 1. The zero-order chi connectivity index (χ0) is 15.5. The van der Waals surface area contributed by atoms with Gasteiger partial charge in [0.1, 0.15) is 0 Å². The molecule has 1 amide bonds. The average Bonchev–Trinajstić information content (AvgIpc) is 2.79. The molecule has 0 radical (unpaired) electrons. The summed E-state index contributed by atoms with van der Waals surface area (Å²) in [5.74, 6) is 0.191. The fraction of sp³-hybridized carbons (Fsp3) is 0.500. The van der Waals surface area contributed by atoms with Crippen LogP contribution >= 0.6 is 15.9 Å². The number of halogens is 1. The number of carbonyl (C=O) groups is 1. The highest BCUT2D eigenvalue weighted by Crippen LogP contribution is 2.21. The molecular formula is C14H19BrN2O3S. The number of rotatable bonds is 5. The molecule has 1 saturated heterocycles. The number of hydrogen-bond acceptors (Lipinski definition) is 4. The molecule has 0 aliphatic carbocycles. The molecule has 1 atom stereocenters. The Morgan fingerprint density at radius 2 is 2.14 bits per heavy atom. The minimum atomic E-state index is -2.98. The summed E-state index contributed by atoms with van der Waals surface area (Å²) in [4.78, 5) is 14.0. The van der Waals surface area contributed by atoms with Gasteiger partial charge in [-0.15, -0.1) is 0 Å². The molecule has 21 heavy (non-hydrogen) atoms. The van der Waals surface area contributed by atoms with Crippen molar-refractivity contribution in [1.29, 1.82) is 0 Å². The predicted octanol–water partition coefficient (Wildman–Crippen LogP) is 1.90.